The van der Waals surface area contributed by atoms with E-state index in [-0.39, 0.29) is 11.8 Å². The summed E-state index contributed by atoms with van der Waals surface area (Å²) in [7, 11) is 0. The van der Waals surface area contributed by atoms with E-state index in [2.05, 4.69) is 75.2 Å². The van der Waals surface area contributed by atoms with E-state index < -0.39 is 0 Å². The molecule has 0 bridgehead atoms. The van der Waals surface area contributed by atoms with Gasteiger partial charge in [0.2, 0.25) is 0 Å². The van der Waals surface area contributed by atoms with E-state index in [1.54, 1.807) is 0 Å². The van der Waals surface area contributed by atoms with Crippen LogP contribution >= 0.6 is 0 Å². The van der Waals surface area contributed by atoms with Crippen LogP contribution in [0.3, 0.4) is 0 Å². The van der Waals surface area contributed by atoms with E-state index in [9.17, 15) is 0 Å². The number of benzene rings is 2. The first kappa shape index (κ1) is 19.9. The molecule has 0 heterocycles. The van der Waals surface area contributed by atoms with Crippen molar-refractivity contribution in [3.8, 4) is 11.1 Å². The fourth-order valence-corrected chi connectivity index (χ4v) is 3.36. The summed E-state index contributed by atoms with van der Waals surface area (Å²) < 4.78 is 0. The number of hydrogen-bond donors (Lipinski definition) is 2. The molecule has 2 atom stereocenters. The van der Waals surface area contributed by atoms with Crippen LogP contribution in [0.4, 0.5) is 0 Å². The van der Waals surface area contributed by atoms with Gasteiger partial charge in [0.15, 0.2) is 0 Å². The molecule has 2 nitrogen and oxygen atoms in total. The topological polar surface area (TPSA) is 52.0 Å². The fourth-order valence-electron chi connectivity index (χ4n) is 3.36. The maximum Gasteiger partial charge on any atom is 0.0140 e. The second-order valence-electron chi connectivity index (χ2n) is 6.89. The first-order valence-electron chi connectivity index (χ1n) is 9.05. The van der Waals surface area contributed by atoms with Crippen molar-refractivity contribution in [1.82, 2.24) is 0 Å². The quantitative estimate of drug-likeness (QED) is 0.645. The predicted octanol–water partition coefficient (Wildman–Crippen LogP) is 4.73. The van der Waals surface area contributed by atoms with Gasteiger partial charge in [-0.1, -0.05) is 98.0 Å². The summed E-state index contributed by atoms with van der Waals surface area (Å²) in [4.78, 5) is 0. The molecule has 0 radical (unpaired) electrons. The zero-order valence-electron chi connectivity index (χ0n) is 15.7. The van der Waals surface area contributed by atoms with Crippen LogP contribution in [0.15, 0.2) is 91.1 Å². The molecule has 136 valence electrons. The minimum Gasteiger partial charge on any atom is -0.327 e. The molecule has 0 aliphatic carbocycles. The van der Waals surface area contributed by atoms with Crippen LogP contribution in [0, 0.1) is 11.8 Å². The lowest BCUT2D eigenvalue weighted by Crippen LogP contribution is -2.25. The van der Waals surface area contributed by atoms with E-state index >= 15 is 0 Å². The summed E-state index contributed by atoms with van der Waals surface area (Å²) in [5.74, 6) is 0.289. The van der Waals surface area contributed by atoms with Crippen LogP contribution in [-0.4, -0.2) is 13.1 Å². The summed E-state index contributed by atoms with van der Waals surface area (Å²) in [6.07, 6.45) is 0.793. The first-order valence-corrected chi connectivity index (χ1v) is 9.05. The van der Waals surface area contributed by atoms with Crippen molar-refractivity contribution in [3.05, 3.63) is 96.6 Å². The van der Waals surface area contributed by atoms with E-state index in [0.29, 0.717) is 13.1 Å². The maximum absolute atomic E-state index is 5.87. The molecule has 0 saturated heterocycles. The van der Waals surface area contributed by atoms with Gasteiger partial charge in [-0.3, -0.25) is 0 Å². The van der Waals surface area contributed by atoms with Crippen LogP contribution in [0.1, 0.15) is 12.5 Å². The van der Waals surface area contributed by atoms with Gasteiger partial charge in [0.05, 0.1) is 0 Å². The summed E-state index contributed by atoms with van der Waals surface area (Å²) in [6, 6.07) is 19.0. The van der Waals surface area contributed by atoms with Crippen molar-refractivity contribution >= 4 is 0 Å². The second kappa shape index (κ2) is 9.33. The van der Waals surface area contributed by atoms with Crippen molar-refractivity contribution in [2.75, 3.05) is 13.1 Å². The normalized spacial score (nSPS) is 13.0. The third kappa shape index (κ3) is 4.81. The number of nitrogens with two attached hydrogens (primary N) is 2. The van der Waals surface area contributed by atoms with Gasteiger partial charge < -0.3 is 11.5 Å². The lowest BCUT2D eigenvalue weighted by atomic mass is 9.77. The Morgan fingerprint density at radius 3 is 1.85 bits per heavy atom. The van der Waals surface area contributed by atoms with Crippen molar-refractivity contribution < 1.29 is 0 Å². The summed E-state index contributed by atoms with van der Waals surface area (Å²) in [6.45, 7) is 15.6. The van der Waals surface area contributed by atoms with Crippen molar-refractivity contribution in [3.63, 3.8) is 0 Å². The van der Waals surface area contributed by atoms with Crippen LogP contribution < -0.4 is 11.5 Å². The van der Waals surface area contributed by atoms with Crippen LogP contribution in [-0.2, 0) is 6.42 Å². The van der Waals surface area contributed by atoms with Gasteiger partial charge in [0.25, 0.3) is 0 Å². The number of allylic oxidation sites excluding steroid dienone is 1. The average Bonchev–Trinajstić information content (AvgIpc) is 2.68. The van der Waals surface area contributed by atoms with Crippen LogP contribution in [0.5, 0.6) is 0 Å². The molecule has 0 spiro atoms. The molecular formula is C24H30N2. The first-order chi connectivity index (χ1) is 12.5. The van der Waals surface area contributed by atoms with Gasteiger partial charge in [0.1, 0.15) is 0 Å². The Hall–Kier alpha value is -2.42. The van der Waals surface area contributed by atoms with E-state index in [1.807, 2.05) is 6.07 Å². The molecule has 4 N–H and O–H groups in total. The third-order valence-electron chi connectivity index (χ3n) is 5.04. The standard InChI is InChI=1S/C24H30N2/c1-17(24(19(3)16-26)20(4)18(2)15-25)14-21-10-12-23(13-11-21)22-8-6-5-7-9-22/h5-13,20,24H,1-3,14-16,25-26H2,4H3. The van der Waals surface area contributed by atoms with Crippen LogP contribution in [0.2, 0.25) is 0 Å². The molecular weight excluding hydrogens is 316 g/mol. The minimum atomic E-state index is 0.102. The molecule has 0 aliphatic rings. The Balaban J connectivity index is 2.15. The zero-order valence-corrected chi connectivity index (χ0v) is 15.7. The van der Waals surface area contributed by atoms with Gasteiger partial charge in [-0.25, -0.2) is 0 Å². The molecule has 26 heavy (non-hydrogen) atoms. The highest BCUT2D eigenvalue weighted by molar-refractivity contribution is 5.63. The van der Waals surface area contributed by atoms with Gasteiger partial charge in [0, 0.05) is 19.0 Å². The van der Waals surface area contributed by atoms with Crippen LogP contribution in [0.25, 0.3) is 11.1 Å². The lowest BCUT2D eigenvalue weighted by molar-refractivity contribution is 0.510. The van der Waals surface area contributed by atoms with Gasteiger partial charge in [-0.05, 0) is 29.0 Å². The predicted molar refractivity (Wildman–Crippen MR) is 114 cm³/mol. The molecule has 0 aromatic heterocycles. The Bertz CT molecular complexity index is 757. The van der Waals surface area contributed by atoms with E-state index in [0.717, 1.165) is 23.1 Å². The third-order valence-corrected chi connectivity index (χ3v) is 5.04. The second-order valence-corrected chi connectivity index (χ2v) is 6.89. The highest BCUT2D eigenvalue weighted by Gasteiger charge is 2.24. The summed E-state index contributed by atoms with van der Waals surface area (Å²) in [5.41, 5.74) is 18.4. The number of rotatable bonds is 9. The molecule has 2 heteroatoms. The molecule has 0 amide bonds. The molecule has 2 rings (SSSR count). The highest BCUT2D eigenvalue weighted by atomic mass is 14.6. The molecule has 0 saturated carbocycles. The smallest absolute Gasteiger partial charge is 0.0140 e. The van der Waals surface area contributed by atoms with Gasteiger partial charge in [-0.2, -0.15) is 0 Å². The molecule has 2 aromatic rings. The summed E-state index contributed by atoms with van der Waals surface area (Å²) >= 11 is 0. The van der Waals surface area contributed by atoms with Crippen molar-refractivity contribution in [2.45, 2.75) is 13.3 Å². The van der Waals surface area contributed by atoms with Crippen molar-refractivity contribution in [2.24, 2.45) is 23.3 Å². The summed E-state index contributed by atoms with van der Waals surface area (Å²) in [5, 5.41) is 0. The Labute approximate surface area is 157 Å². The Kier molecular flexibility index (Phi) is 7.14. The largest absolute Gasteiger partial charge is 0.327 e. The number of hydrogen-bond acceptors (Lipinski definition) is 2. The fraction of sp³-hybridized carbons (Fsp3) is 0.250. The Morgan fingerprint density at radius 2 is 1.31 bits per heavy atom. The molecule has 0 aliphatic heterocycles. The molecule has 2 unspecified atom stereocenters. The maximum atomic E-state index is 5.87. The average molecular weight is 347 g/mol. The highest BCUT2D eigenvalue weighted by Crippen LogP contribution is 2.32. The SMILES string of the molecule is C=C(CN)C(C)C(C(=C)CN)C(=C)Cc1ccc(-c2ccccc2)cc1. The van der Waals surface area contributed by atoms with Gasteiger partial charge in [-0.15, -0.1) is 0 Å². The van der Waals surface area contributed by atoms with Crippen molar-refractivity contribution in [1.29, 1.82) is 0 Å². The Morgan fingerprint density at radius 1 is 0.769 bits per heavy atom. The molecule has 2 aromatic carbocycles. The molecule has 0 fully saturated rings. The van der Waals surface area contributed by atoms with E-state index in [4.69, 9.17) is 11.5 Å². The van der Waals surface area contributed by atoms with Gasteiger partial charge >= 0.3 is 0 Å². The lowest BCUT2D eigenvalue weighted by Gasteiger charge is -2.29. The zero-order chi connectivity index (χ0) is 19.1. The van der Waals surface area contributed by atoms with E-state index in [1.165, 1.54) is 16.7 Å². The monoisotopic (exact) mass is 346 g/mol. The minimum absolute atomic E-state index is 0.102.